The van der Waals surface area contributed by atoms with Crippen LogP contribution >= 0.6 is 0 Å². The van der Waals surface area contributed by atoms with Crippen molar-refractivity contribution in [1.29, 1.82) is 0 Å². The van der Waals surface area contributed by atoms with E-state index in [-0.39, 0.29) is 12.2 Å². The monoisotopic (exact) mass is 160 g/mol. The topological polar surface area (TPSA) is 38.7 Å². The molecule has 0 aromatic carbocycles. The van der Waals surface area contributed by atoms with Crippen LogP contribution in [0.5, 0.6) is 0 Å². The van der Waals surface area contributed by atoms with Gasteiger partial charge in [0.25, 0.3) is 0 Å². The highest BCUT2D eigenvalue weighted by atomic mass is 16.7. The fraction of sp³-hybridized carbons (Fsp3) is 1.00. The zero-order chi connectivity index (χ0) is 8.10. The molecule has 1 rings (SSSR count). The maximum absolute atomic E-state index is 9.42. The first-order valence-corrected chi connectivity index (χ1v) is 4.13. The second-order valence-electron chi connectivity index (χ2n) is 2.96. The van der Waals surface area contributed by atoms with Crippen LogP contribution in [0.1, 0.15) is 25.7 Å². The minimum atomic E-state index is -0.279. The van der Waals surface area contributed by atoms with Gasteiger partial charge in [-0.05, 0) is 12.8 Å². The van der Waals surface area contributed by atoms with Crippen LogP contribution in [0.15, 0.2) is 0 Å². The highest BCUT2D eigenvalue weighted by molar-refractivity contribution is 4.74. The van der Waals surface area contributed by atoms with Gasteiger partial charge in [0.2, 0.25) is 0 Å². The number of rotatable bonds is 3. The Balaban J connectivity index is 2.18. The van der Waals surface area contributed by atoms with E-state index >= 15 is 0 Å². The Bertz CT molecular complexity index is 106. The first kappa shape index (κ1) is 8.97. The Kier molecular flexibility index (Phi) is 3.83. The van der Waals surface area contributed by atoms with Crippen LogP contribution in [-0.4, -0.2) is 31.2 Å². The standard InChI is InChI=1S/C8H16O3/c1-10-6-11-8-5-3-2-4-7(8)9/h7-9H,2-6H2,1H3/t7-,8+/m0/s1. The summed E-state index contributed by atoms with van der Waals surface area (Å²) in [5, 5.41) is 9.42. The zero-order valence-corrected chi connectivity index (χ0v) is 6.95. The second-order valence-corrected chi connectivity index (χ2v) is 2.96. The molecular formula is C8H16O3. The normalized spacial score (nSPS) is 32.2. The summed E-state index contributed by atoms with van der Waals surface area (Å²) in [5.74, 6) is 0. The summed E-state index contributed by atoms with van der Waals surface area (Å²) in [6.07, 6.45) is 3.83. The molecule has 0 spiro atoms. The molecule has 0 heterocycles. The van der Waals surface area contributed by atoms with Crippen molar-refractivity contribution in [3.8, 4) is 0 Å². The molecule has 0 bridgehead atoms. The molecule has 1 aliphatic carbocycles. The summed E-state index contributed by atoms with van der Waals surface area (Å²) in [4.78, 5) is 0. The molecule has 1 fully saturated rings. The Labute approximate surface area is 67.3 Å². The van der Waals surface area contributed by atoms with Crippen LogP contribution in [0.25, 0.3) is 0 Å². The van der Waals surface area contributed by atoms with Crippen LogP contribution in [0.3, 0.4) is 0 Å². The van der Waals surface area contributed by atoms with Crippen molar-refractivity contribution in [2.75, 3.05) is 13.9 Å². The highest BCUT2D eigenvalue weighted by Gasteiger charge is 2.23. The van der Waals surface area contributed by atoms with Gasteiger partial charge in [0, 0.05) is 7.11 Å². The molecular weight excluding hydrogens is 144 g/mol. The minimum absolute atomic E-state index is 0.00343. The van der Waals surface area contributed by atoms with E-state index in [2.05, 4.69) is 0 Å². The van der Waals surface area contributed by atoms with E-state index in [9.17, 15) is 5.11 Å². The van der Waals surface area contributed by atoms with E-state index in [1.165, 1.54) is 0 Å². The van der Waals surface area contributed by atoms with E-state index in [4.69, 9.17) is 9.47 Å². The first-order chi connectivity index (χ1) is 5.34. The van der Waals surface area contributed by atoms with Crippen molar-refractivity contribution < 1.29 is 14.6 Å². The van der Waals surface area contributed by atoms with Gasteiger partial charge in [0.1, 0.15) is 6.79 Å². The van der Waals surface area contributed by atoms with Crippen LogP contribution in [0.4, 0.5) is 0 Å². The van der Waals surface area contributed by atoms with Gasteiger partial charge in [-0.3, -0.25) is 0 Å². The predicted octanol–water partition coefficient (Wildman–Crippen LogP) is 0.910. The number of hydrogen-bond acceptors (Lipinski definition) is 3. The molecule has 11 heavy (non-hydrogen) atoms. The van der Waals surface area contributed by atoms with Crippen LogP contribution in [-0.2, 0) is 9.47 Å². The van der Waals surface area contributed by atoms with E-state index in [1.807, 2.05) is 0 Å². The maximum atomic E-state index is 9.42. The number of aliphatic hydroxyl groups excluding tert-OH is 1. The van der Waals surface area contributed by atoms with Gasteiger partial charge >= 0.3 is 0 Å². The largest absolute Gasteiger partial charge is 0.390 e. The molecule has 0 radical (unpaired) electrons. The zero-order valence-electron chi connectivity index (χ0n) is 6.95. The van der Waals surface area contributed by atoms with Crippen molar-refractivity contribution in [2.24, 2.45) is 0 Å². The molecule has 0 unspecified atom stereocenters. The summed E-state index contributed by atoms with van der Waals surface area (Å²) >= 11 is 0. The van der Waals surface area contributed by atoms with Crippen molar-refractivity contribution in [2.45, 2.75) is 37.9 Å². The highest BCUT2D eigenvalue weighted by Crippen LogP contribution is 2.20. The smallest absolute Gasteiger partial charge is 0.146 e. The van der Waals surface area contributed by atoms with Crippen LogP contribution < -0.4 is 0 Å². The molecule has 0 saturated heterocycles. The minimum Gasteiger partial charge on any atom is -0.390 e. The van der Waals surface area contributed by atoms with Gasteiger partial charge in [0.05, 0.1) is 12.2 Å². The molecule has 0 aliphatic heterocycles. The first-order valence-electron chi connectivity index (χ1n) is 4.13. The lowest BCUT2D eigenvalue weighted by Gasteiger charge is -2.26. The van der Waals surface area contributed by atoms with Crippen LogP contribution in [0, 0.1) is 0 Å². The van der Waals surface area contributed by atoms with E-state index in [1.54, 1.807) is 7.11 Å². The fourth-order valence-electron chi connectivity index (χ4n) is 1.43. The third kappa shape index (κ3) is 2.77. The average Bonchev–Trinajstić information content (AvgIpc) is 2.03. The summed E-state index contributed by atoms with van der Waals surface area (Å²) in [6, 6.07) is 0. The second kappa shape index (κ2) is 4.70. The molecule has 1 saturated carbocycles. The lowest BCUT2D eigenvalue weighted by atomic mass is 9.95. The number of hydrogen-bond donors (Lipinski definition) is 1. The van der Waals surface area contributed by atoms with Crippen molar-refractivity contribution >= 4 is 0 Å². The SMILES string of the molecule is COCO[C@@H]1CCCC[C@@H]1O. The third-order valence-electron chi connectivity index (χ3n) is 2.07. The molecule has 3 heteroatoms. The van der Waals surface area contributed by atoms with Gasteiger partial charge in [-0.25, -0.2) is 0 Å². The van der Waals surface area contributed by atoms with Gasteiger partial charge in [-0.15, -0.1) is 0 Å². The quantitative estimate of drug-likeness (QED) is 0.624. The Morgan fingerprint density at radius 1 is 1.36 bits per heavy atom. The Morgan fingerprint density at radius 2 is 2.09 bits per heavy atom. The average molecular weight is 160 g/mol. The molecule has 1 N–H and O–H groups in total. The van der Waals surface area contributed by atoms with Crippen molar-refractivity contribution in [3.63, 3.8) is 0 Å². The van der Waals surface area contributed by atoms with Gasteiger partial charge < -0.3 is 14.6 Å². The van der Waals surface area contributed by atoms with Crippen molar-refractivity contribution in [3.05, 3.63) is 0 Å². The van der Waals surface area contributed by atoms with E-state index < -0.39 is 0 Å². The fourth-order valence-corrected chi connectivity index (χ4v) is 1.43. The van der Waals surface area contributed by atoms with Gasteiger partial charge in [0.15, 0.2) is 0 Å². The molecule has 66 valence electrons. The molecule has 0 aromatic heterocycles. The van der Waals surface area contributed by atoms with E-state index in [0.717, 1.165) is 25.7 Å². The molecule has 3 nitrogen and oxygen atoms in total. The Hall–Kier alpha value is -0.120. The number of methoxy groups -OCH3 is 1. The summed E-state index contributed by atoms with van der Waals surface area (Å²) in [6.45, 7) is 0.293. The number of aliphatic hydroxyl groups is 1. The summed E-state index contributed by atoms with van der Waals surface area (Å²) in [7, 11) is 1.59. The van der Waals surface area contributed by atoms with E-state index in [0.29, 0.717) is 6.79 Å². The van der Waals surface area contributed by atoms with Crippen molar-refractivity contribution in [1.82, 2.24) is 0 Å². The summed E-state index contributed by atoms with van der Waals surface area (Å²) < 4.78 is 10.0. The van der Waals surface area contributed by atoms with Gasteiger partial charge in [-0.2, -0.15) is 0 Å². The maximum Gasteiger partial charge on any atom is 0.146 e. The summed E-state index contributed by atoms with van der Waals surface area (Å²) in [5.41, 5.74) is 0. The molecule has 0 aromatic rings. The third-order valence-corrected chi connectivity index (χ3v) is 2.07. The van der Waals surface area contributed by atoms with Crippen LogP contribution in [0.2, 0.25) is 0 Å². The molecule has 2 atom stereocenters. The Morgan fingerprint density at radius 3 is 2.73 bits per heavy atom. The number of ether oxygens (including phenoxy) is 2. The lowest BCUT2D eigenvalue weighted by Crippen LogP contribution is -2.32. The molecule has 0 amide bonds. The lowest BCUT2D eigenvalue weighted by molar-refractivity contribution is -0.124. The molecule has 1 aliphatic rings. The predicted molar refractivity (Wildman–Crippen MR) is 41.2 cm³/mol. The van der Waals surface area contributed by atoms with Gasteiger partial charge in [-0.1, -0.05) is 12.8 Å².